The number of benzene rings is 1. The predicted molar refractivity (Wildman–Crippen MR) is 125 cm³/mol. The van der Waals surface area contributed by atoms with Crippen molar-refractivity contribution in [3.05, 3.63) is 23.0 Å². The van der Waals surface area contributed by atoms with Gasteiger partial charge in [0.25, 0.3) is 5.91 Å². The molecular weight excluding hydrogens is 450 g/mol. The summed E-state index contributed by atoms with van der Waals surface area (Å²) in [5, 5.41) is 0. The zero-order valence-corrected chi connectivity index (χ0v) is 20.7. The molecule has 32 heavy (non-hydrogen) atoms. The molecule has 2 amide bonds. The van der Waals surface area contributed by atoms with Gasteiger partial charge in [0, 0.05) is 19.6 Å². The number of aromatic nitrogens is 1. The first-order valence-electron chi connectivity index (χ1n) is 10.9. The molecule has 1 saturated heterocycles. The van der Waals surface area contributed by atoms with Crippen LogP contribution in [0.2, 0.25) is 0 Å². The lowest BCUT2D eigenvalue weighted by atomic mass is 9.92. The van der Waals surface area contributed by atoms with Crippen LogP contribution in [0.5, 0.6) is 5.75 Å². The molecule has 8 nitrogen and oxygen atoms in total. The van der Waals surface area contributed by atoms with Gasteiger partial charge in [-0.1, -0.05) is 25.2 Å². The van der Waals surface area contributed by atoms with E-state index >= 15 is 0 Å². The molecule has 2 aromatic rings. The molecule has 3 rings (SSSR count). The van der Waals surface area contributed by atoms with Gasteiger partial charge in [-0.15, -0.1) is 0 Å². The van der Waals surface area contributed by atoms with Gasteiger partial charge < -0.3 is 14.2 Å². The van der Waals surface area contributed by atoms with Crippen LogP contribution in [0.4, 0.5) is 0 Å². The molecule has 0 saturated carbocycles. The van der Waals surface area contributed by atoms with Crippen LogP contribution in [-0.4, -0.2) is 60.9 Å². The minimum absolute atomic E-state index is 0.336. The number of sulfone groups is 1. The van der Waals surface area contributed by atoms with Crippen LogP contribution < -0.4 is 9.54 Å². The highest BCUT2D eigenvalue weighted by atomic mass is 32.2. The molecule has 1 fully saturated rings. The Morgan fingerprint density at radius 3 is 2.47 bits per heavy atom. The number of ether oxygens (including phenoxy) is 1. The van der Waals surface area contributed by atoms with Gasteiger partial charge in [-0.3, -0.25) is 9.59 Å². The van der Waals surface area contributed by atoms with E-state index in [0.29, 0.717) is 42.9 Å². The van der Waals surface area contributed by atoms with Gasteiger partial charge in [-0.2, -0.15) is 4.99 Å². The van der Waals surface area contributed by atoms with Crippen molar-refractivity contribution in [3.8, 4) is 5.75 Å². The molecule has 0 N–H and O–H groups in total. The van der Waals surface area contributed by atoms with Crippen LogP contribution in [0.1, 0.15) is 34.1 Å². The Balaban J connectivity index is 1.76. The molecule has 1 aromatic heterocycles. The quantitative estimate of drug-likeness (QED) is 0.605. The number of hydrogen-bond donors (Lipinski definition) is 0. The topological polar surface area (TPSA) is 98.0 Å². The van der Waals surface area contributed by atoms with Crippen LogP contribution in [0.3, 0.4) is 0 Å². The van der Waals surface area contributed by atoms with Gasteiger partial charge in [0.05, 0.1) is 16.8 Å². The lowest BCUT2D eigenvalue weighted by molar-refractivity contribution is -0.131. The van der Waals surface area contributed by atoms with Crippen LogP contribution in [-0.2, 0) is 26.0 Å². The van der Waals surface area contributed by atoms with Gasteiger partial charge in [0.2, 0.25) is 5.91 Å². The van der Waals surface area contributed by atoms with E-state index < -0.39 is 33.2 Å². The first-order chi connectivity index (χ1) is 15.1. The second-order valence-electron chi connectivity index (χ2n) is 8.47. The van der Waals surface area contributed by atoms with Crippen molar-refractivity contribution >= 4 is 43.2 Å². The fraction of sp³-hybridized carbons (Fsp3) is 0.591. The molecular formula is C22H31N3O5S2. The molecule has 0 radical (unpaired) electrons. The van der Waals surface area contributed by atoms with Gasteiger partial charge in [-0.05, 0) is 50.3 Å². The highest BCUT2D eigenvalue weighted by Gasteiger charge is 2.29. The van der Waals surface area contributed by atoms with Crippen molar-refractivity contribution in [3.63, 3.8) is 0 Å². The summed E-state index contributed by atoms with van der Waals surface area (Å²) >= 11 is 1.31. The number of fused-ring (bicyclic) bond motifs is 1. The van der Waals surface area contributed by atoms with E-state index in [1.165, 1.54) is 11.3 Å². The van der Waals surface area contributed by atoms with Gasteiger partial charge >= 0.3 is 0 Å². The third kappa shape index (κ3) is 5.98. The molecule has 1 aliphatic rings. The average molecular weight is 482 g/mol. The van der Waals surface area contributed by atoms with Gasteiger partial charge in [-0.25, -0.2) is 8.42 Å². The Hall–Kier alpha value is -2.20. The summed E-state index contributed by atoms with van der Waals surface area (Å²) < 4.78 is 33.4. The SMILES string of the molecule is CCOc1ccc2c(c1)sc(=NC(=O)CS(=O)(=O)CC(=O)N1CC(C)CC(C)C1)n2CC. The zero-order chi connectivity index (χ0) is 23.5. The summed E-state index contributed by atoms with van der Waals surface area (Å²) in [4.78, 5) is 31.1. The number of hydrogen-bond acceptors (Lipinski definition) is 6. The maximum Gasteiger partial charge on any atom is 0.263 e. The lowest BCUT2D eigenvalue weighted by Crippen LogP contribution is -2.45. The summed E-state index contributed by atoms with van der Waals surface area (Å²) in [7, 11) is -3.91. The van der Waals surface area contributed by atoms with E-state index in [0.717, 1.165) is 22.4 Å². The Morgan fingerprint density at radius 2 is 1.84 bits per heavy atom. The number of nitrogens with zero attached hydrogens (tertiary/aromatic N) is 3. The Morgan fingerprint density at radius 1 is 1.16 bits per heavy atom. The Kier molecular flexibility index (Phi) is 7.76. The van der Waals surface area contributed by atoms with Crippen LogP contribution in [0, 0.1) is 11.8 Å². The molecule has 1 aliphatic heterocycles. The third-order valence-electron chi connectivity index (χ3n) is 5.41. The smallest absolute Gasteiger partial charge is 0.263 e. The summed E-state index contributed by atoms with van der Waals surface area (Å²) in [6.45, 7) is 10.2. The fourth-order valence-corrected chi connectivity index (χ4v) is 6.47. The van der Waals surface area contributed by atoms with E-state index in [4.69, 9.17) is 4.74 Å². The molecule has 10 heteroatoms. The highest BCUT2D eigenvalue weighted by molar-refractivity contribution is 7.92. The third-order valence-corrected chi connectivity index (χ3v) is 7.82. The van der Waals surface area contributed by atoms with Crippen molar-refractivity contribution in [2.45, 2.75) is 40.7 Å². The second kappa shape index (κ2) is 10.2. The minimum atomic E-state index is -3.91. The highest BCUT2D eigenvalue weighted by Crippen LogP contribution is 2.24. The van der Waals surface area contributed by atoms with Crippen LogP contribution >= 0.6 is 11.3 Å². The number of carbonyl (C=O) groups excluding carboxylic acids is 2. The van der Waals surface area contributed by atoms with Gasteiger partial charge in [0.15, 0.2) is 14.6 Å². The van der Waals surface area contributed by atoms with Crippen LogP contribution in [0.15, 0.2) is 23.2 Å². The number of likely N-dealkylation sites (tertiary alicyclic amines) is 1. The summed E-state index contributed by atoms with van der Waals surface area (Å²) in [5.41, 5.74) is 0.902. The fourth-order valence-electron chi connectivity index (χ4n) is 4.23. The van der Waals surface area contributed by atoms with E-state index in [-0.39, 0.29) is 0 Å². The number of amides is 2. The van der Waals surface area contributed by atoms with Crippen molar-refractivity contribution < 1.29 is 22.7 Å². The van der Waals surface area contributed by atoms with E-state index in [1.807, 2.05) is 36.6 Å². The second-order valence-corrected chi connectivity index (χ2v) is 11.5. The van der Waals surface area contributed by atoms with Gasteiger partial charge in [0.1, 0.15) is 17.3 Å². The molecule has 176 valence electrons. The number of aryl methyl sites for hydroxylation is 1. The Labute approximate surface area is 192 Å². The van der Waals surface area contributed by atoms with E-state index in [9.17, 15) is 18.0 Å². The number of rotatable bonds is 7. The average Bonchev–Trinajstić information content (AvgIpc) is 3.02. The predicted octanol–water partition coefficient (Wildman–Crippen LogP) is 2.47. The van der Waals surface area contributed by atoms with Crippen molar-refractivity contribution in [2.75, 3.05) is 31.2 Å². The number of piperidine rings is 1. The van der Waals surface area contributed by atoms with Crippen molar-refractivity contribution in [1.29, 1.82) is 0 Å². The monoisotopic (exact) mass is 481 g/mol. The standard InChI is InChI=1S/C22H31N3O5S2/c1-5-25-18-8-7-17(30-6-2)10-19(18)31-22(25)23-20(26)13-32(28,29)14-21(27)24-11-15(3)9-16(4)12-24/h7-8,10,15-16H,5-6,9,11-14H2,1-4H3. The first-order valence-corrected chi connectivity index (χ1v) is 13.6. The number of thiazole rings is 1. The first kappa shape index (κ1) is 24.4. The van der Waals surface area contributed by atoms with Crippen molar-refractivity contribution in [2.24, 2.45) is 16.8 Å². The Bertz CT molecular complexity index is 1160. The molecule has 0 aliphatic carbocycles. The molecule has 1 aromatic carbocycles. The van der Waals surface area contributed by atoms with E-state index in [1.54, 1.807) is 4.90 Å². The summed E-state index contributed by atoms with van der Waals surface area (Å²) in [5.74, 6) is -1.25. The molecule has 2 unspecified atom stereocenters. The summed E-state index contributed by atoms with van der Waals surface area (Å²) in [6, 6.07) is 5.64. The zero-order valence-electron chi connectivity index (χ0n) is 19.0. The van der Waals surface area contributed by atoms with Crippen LogP contribution in [0.25, 0.3) is 10.2 Å². The summed E-state index contributed by atoms with van der Waals surface area (Å²) in [6.07, 6.45) is 1.02. The molecule has 0 spiro atoms. The normalized spacial score (nSPS) is 20.0. The maximum atomic E-state index is 12.5. The molecule has 0 bridgehead atoms. The minimum Gasteiger partial charge on any atom is -0.494 e. The molecule has 2 atom stereocenters. The lowest BCUT2D eigenvalue weighted by Gasteiger charge is -2.34. The van der Waals surface area contributed by atoms with E-state index in [2.05, 4.69) is 18.8 Å². The number of carbonyl (C=O) groups is 2. The largest absolute Gasteiger partial charge is 0.494 e. The van der Waals surface area contributed by atoms with Crippen molar-refractivity contribution in [1.82, 2.24) is 9.47 Å². The maximum absolute atomic E-state index is 12.5. The molecule has 2 heterocycles.